The monoisotopic (exact) mass is 380 g/mol. The molecule has 5 nitrogen and oxygen atoms in total. The zero-order valence-corrected chi connectivity index (χ0v) is 17.3. The summed E-state index contributed by atoms with van der Waals surface area (Å²) in [5.74, 6) is 0. The number of primary amides is 1. The predicted molar refractivity (Wildman–Crippen MR) is 116 cm³/mol. The minimum absolute atomic E-state index is 0.250. The summed E-state index contributed by atoms with van der Waals surface area (Å²) in [7, 11) is 0. The Bertz CT molecular complexity index is 729. The second-order valence-corrected chi connectivity index (χ2v) is 6.57. The SMILES string of the molecule is CC#N.CCc1ccc(N2CCN(Cc3ccccc3C)CC2)cc1.NC=O. The largest absolute Gasteiger partial charge is 0.372 e. The lowest BCUT2D eigenvalue weighted by Crippen LogP contribution is -2.46. The number of carbonyl (C=O) groups is 1. The zero-order chi connectivity index (χ0) is 20.8. The van der Waals surface area contributed by atoms with Crippen LogP contribution < -0.4 is 10.6 Å². The molecule has 1 heterocycles. The van der Waals surface area contributed by atoms with Crippen LogP contribution in [0.4, 0.5) is 5.69 Å². The van der Waals surface area contributed by atoms with Crippen LogP contribution in [-0.2, 0) is 17.8 Å². The summed E-state index contributed by atoms with van der Waals surface area (Å²) >= 11 is 0. The first-order chi connectivity index (χ1) is 13.6. The van der Waals surface area contributed by atoms with Gasteiger partial charge in [-0.25, -0.2) is 0 Å². The van der Waals surface area contributed by atoms with E-state index in [1.54, 1.807) is 6.07 Å². The highest BCUT2D eigenvalue weighted by Crippen LogP contribution is 2.19. The van der Waals surface area contributed by atoms with Gasteiger partial charge < -0.3 is 10.6 Å². The van der Waals surface area contributed by atoms with E-state index in [9.17, 15) is 0 Å². The van der Waals surface area contributed by atoms with Crippen LogP contribution in [0.3, 0.4) is 0 Å². The average molecular weight is 381 g/mol. The summed E-state index contributed by atoms with van der Waals surface area (Å²) in [6, 6.07) is 19.5. The molecular formula is C23H32N4O. The molecule has 2 aromatic carbocycles. The quantitative estimate of drug-likeness (QED) is 0.824. The normalized spacial score (nSPS) is 13.3. The van der Waals surface area contributed by atoms with E-state index in [2.05, 4.69) is 77.9 Å². The van der Waals surface area contributed by atoms with Crippen LogP contribution in [0, 0.1) is 18.3 Å². The second-order valence-electron chi connectivity index (χ2n) is 6.57. The van der Waals surface area contributed by atoms with Crippen molar-refractivity contribution in [2.24, 2.45) is 5.73 Å². The number of aryl methyl sites for hydroxylation is 2. The van der Waals surface area contributed by atoms with E-state index in [4.69, 9.17) is 10.1 Å². The van der Waals surface area contributed by atoms with Crippen LogP contribution >= 0.6 is 0 Å². The molecule has 150 valence electrons. The number of hydrogen-bond acceptors (Lipinski definition) is 4. The van der Waals surface area contributed by atoms with Gasteiger partial charge in [0.05, 0.1) is 6.07 Å². The molecule has 1 aliphatic heterocycles. The molecule has 0 radical (unpaired) electrons. The number of benzene rings is 2. The molecule has 0 spiro atoms. The third-order valence-electron chi connectivity index (χ3n) is 4.74. The van der Waals surface area contributed by atoms with Crippen molar-refractivity contribution in [1.29, 1.82) is 5.26 Å². The smallest absolute Gasteiger partial charge is 0.204 e. The van der Waals surface area contributed by atoms with Crippen molar-refractivity contribution in [3.8, 4) is 6.07 Å². The van der Waals surface area contributed by atoms with Gasteiger partial charge in [0.25, 0.3) is 0 Å². The lowest BCUT2D eigenvalue weighted by molar-refractivity contribution is -0.106. The topological polar surface area (TPSA) is 73.4 Å². The molecule has 0 aromatic heterocycles. The summed E-state index contributed by atoms with van der Waals surface area (Å²) in [5.41, 5.74) is 9.82. The first kappa shape index (κ1) is 23.2. The summed E-state index contributed by atoms with van der Waals surface area (Å²) in [4.78, 5) is 13.7. The minimum atomic E-state index is 0.250. The average Bonchev–Trinajstić information content (AvgIpc) is 2.72. The molecular weight excluding hydrogens is 348 g/mol. The predicted octanol–water partition coefficient (Wildman–Crippen LogP) is 3.51. The van der Waals surface area contributed by atoms with E-state index in [1.165, 1.54) is 29.3 Å². The Hall–Kier alpha value is -2.84. The molecule has 0 aliphatic carbocycles. The summed E-state index contributed by atoms with van der Waals surface area (Å²) < 4.78 is 0. The third-order valence-corrected chi connectivity index (χ3v) is 4.74. The van der Waals surface area contributed by atoms with Crippen molar-refractivity contribution in [2.75, 3.05) is 31.1 Å². The number of piperazine rings is 1. The molecule has 1 saturated heterocycles. The second kappa shape index (κ2) is 13.3. The summed E-state index contributed by atoms with van der Waals surface area (Å²) in [6.45, 7) is 11.5. The van der Waals surface area contributed by atoms with Crippen molar-refractivity contribution in [3.63, 3.8) is 0 Å². The number of hydrogen-bond donors (Lipinski definition) is 1. The van der Waals surface area contributed by atoms with Gasteiger partial charge in [0, 0.05) is 45.3 Å². The van der Waals surface area contributed by atoms with Crippen LogP contribution in [0.1, 0.15) is 30.5 Å². The number of nitriles is 1. The first-order valence-electron chi connectivity index (χ1n) is 9.66. The van der Waals surface area contributed by atoms with Gasteiger partial charge in [-0.3, -0.25) is 9.69 Å². The lowest BCUT2D eigenvalue weighted by Gasteiger charge is -2.36. The molecule has 1 amide bonds. The molecule has 1 fully saturated rings. The van der Waals surface area contributed by atoms with E-state index in [1.807, 2.05) is 0 Å². The Balaban J connectivity index is 0.000000582. The molecule has 2 aromatic rings. The van der Waals surface area contributed by atoms with Crippen LogP contribution in [0.2, 0.25) is 0 Å². The van der Waals surface area contributed by atoms with E-state index in [0.717, 1.165) is 39.1 Å². The standard InChI is InChI=1S/C20H26N2.C2H3N.CH3NO/c1-3-18-8-10-20(11-9-18)22-14-12-21(13-15-22)16-19-7-5-4-6-17(19)2;1-2-3;2-1-3/h4-11H,3,12-16H2,1-2H3;1H3;1H,(H2,2,3). The summed E-state index contributed by atoms with van der Waals surface area (Å²) in [5, 5.41) is 7.32. The zero-order valence-electron chi connectivity index (χ0n) is 17.3. The number of anilines is 1. The van der Waals surface area contributed by atoms with Gasteiger partial charge in [0.1, 0.15) is 0 Å². The number of rotatable bonds is 4. The molecule has 28 heavy (non-hydrogen) atoms. The Morgan fingerprint density at radius 1 is 1.07 bits per heavy atom. The summed E-state index contributed by atoms with van der Waals surface area (Å²) in [6.07, 6.45) is 1.37. The van der Waals surface area contributed by atoms with E-state index in [-0.39, 0.29) is 6.41 Å². The van der Waals surface area contributed by atoms with E-state index >= 15 is 0 Å². The molecule has 0 bridgehead atoms. The fraction of sp³-hybridized carbons (Fsp3) is 0.391. The van der Waals surface area contributed by atoms with Crippen molar-refractivity contribution >= 4 is 12.1 Å². The Labute approximate surface area is 169 Å². The van der Waals surface area contributed by atoms with Crippen molar-refractivity contribution in [1.82, 2.24) is 4.90 Å². The van der Waals surface area contributed by atoms with Crippen molar-refractivity contribution < 1.29 is 4.79 Å². The number of nitrogens with zero attached hydrogens (tertiary/aromatic N) is 3. The van der Waals surface area contributed by atoms with Gasteiger partial charge in [-0.1, -0.05) is 43.3 Å². The van der Waals surface area contributed by atoms with Gasteiger partial charge in [-0.15, -0.1) is 0 Å². The van der Waals surface area contributed by atoms with E-state index in [0.29, 0.717) is 0 Å². The Morgan fingerprint density at radius 3 is 2.11 bits per heavy atom. The highest BCUT2D eigenvalue weighted by atomic mass is 16.1. The minimum Gasteiger partial charge on any atom is -0.372 e. The van der Waals surface area contributed by atoms with Crippen LogP contribution in [0.25, 0.3) is 0 Å². The Morgan fingerprint density at radius 2 is 1.61 bits per heavy atom. The van der Waals surface area contributed by atoms with E-state index < -0.39 is 0 Å². The Kier molecular flexibility index (Phi) is 11.1. The highest BCUT2D eigenvalue weighted by Gasteiger charge is 2.17. The first-order valence-corrected chi connectivity index (χ1v) is 9.66. The van der Waals surface area contributed by atoms with Crippen LogP contribution in [0.15, 0.2) is 48.5 Å². The molecule has 2 N–H and O–H groups in total. The van der Waals surface area contributed by atoms with Gasteiger partial charge in [0.2, 0.25) is 6.41 Å². The fourth-order valence-corrected chi connectivity index (χ4v) is 3.14. The van der Waals surface area contributed by atoms with Crippen molar-refractivity contribution in [3.05, 3.63) is 65.2 Å². The van der Waals surface area contributed by atoms with Crippen LogP contribution in [0.5, 0.6) is 0 Å². The maximum absolute atomic E-state index is 8.58. The third kappa shape index (κ3) is 7.81. The van der Waals surface area contributed by atoms with Crippen LogP contribution in [-0.4, -0.2) is 37.5 Å². The lowest BCUT2D eigenvalue weighted by atomic mass is 10.1. The molecule has 3 rings (SSSR count). The van der Waals surface area contributed by atoms with Gasteiger partial charge in [-0.2, -0.15) is 5.26 Å². The molecule has 0 saturated carbocycles. The van der Waals surface area contributed by atoms with Gasteiger partial charge in [0.15, 0.2) is 0 Å². The highest BCUT2D eigenvalue weighted by molar-refractivity contribution is 5.48. The van der Waals surface area contributed by atoms with Gasteiger partial charge >= 0.3 is 0 Å². The van der Waals surface area contributed by atoms with Crippen molar-refractivity contribution in [2.45, 2.75) is 33.7 Å². The number of carbonyl (C=O) groups excluding carboxylic acids is 1. The molecule has 0 atom stereocenters. The maximum Gasteiger partial charge on any atom is 0.204 e. The fourth-order valence-electron chi connectivity index (χ4n) is 3.14. The number of nitrogens with two attached hydrogens (primary N) is 1. The maximum atomic E-state index is 8.58. The number of amides is 1. The molecule has 1 aliphatic rings. The molecule has 5 heteroatoms. The molecule has 0 unspecified atom stereocenters. The van der Waals surface area contributed by atoms with Gasteiger partial charge in [-0.05, 0) is 42.2 Å².